The second-order valence-electron chi connectivity index (χ2n) is 5.50. The van der Waals surface area contributed by atoms with Gasteiger partial charge in [0.1, 0.15) is 17.5 Å². The minimum Gasteiger partial charge on any atom is -0.461 e. The van der Waals surface area contributed by atoms with E-state index in [1.165, 1.54) is 6.07 Å². The number of unbranched alkanes of at least 4 members (excludes halogenated alkanes) is 1. The summed E-state index contributed by atoms with van der Waals surface area (Å²) in [4.78, 5) is 28.1. The van der Waals surface area contributed by atoms with Crippen molar-refractivity contribution in [1.82, 2.24) is 4.98 Å². The Morgan fingerprint density at radius 3 is 2.30 bits per heavy atom. The highest BCUT2D eigenvalue weighted by molar-refractivity contribution is 5.91. The van der Waals surface area contributed by atoms with Crippen LogP contribution in [0.1, 0.15) is 80.3 Å². The number of carbonyl (C=O) groups is 2. The van der Waals surface area contributed by atoms with E-state index in [0.29, 0.717) is 6.61 Å². The van der Waals surface area contributed by atoms with Gasteiger partial charge in [0, 0.05) is 0 Å². The maximum atomic E-state index is 12.2. The highest BCUT2D eigenvalue weighted by Crippen LogP contribution is 2.13. The monoisotopic (exact) mass is 321 g/mol. The Morgan fingerprint density at radius 1 is 1.00 bits per heavy atom. The predicted octanol–water partition coefficient (Wildman–Crippen LogP) is 4.16. The van der Waals surface area contributed by atoms with Gasteiger partial charge in [0.25, 0.3) is 0 Å². The third-order valence-electron chi connectivity index (χ3n) is 3.37. The van der Waals surface area contributed by atoms with Crippen LogP contribution in [-0.4, -0.2) is 29.6 Å². The molecule has 0 aromatic carbocycles. The van der Waals surface area contributed by atoms with Crippen LogP contribution >= 0.6 is 0 Å². The molecule has 5 nitrogen and oxygen atoms in total. The van der Waals surface area contributed by atoms with Crippen LogP contribution in [-0.2, 0) is 9.47 Å². The van der Waals surface area contributed by atoms with Gasteiger partial charge < -0.3 is 9.47 Å². The maximum absolute atomic E-state index is 12.2. The zero-order valence-corrected chi connectivity index (χ0v) is 14.3. The number of esters is 2. The number of nitrogens with zero attached hydrogens (tertiary/aromatic N) is 1. The molecule has 0 aliphatic rings. The van der Waals surface area contributed by atoms with E-state index in [0.717, 1.165) is 38.5 Å². The lowest BCUT2D eigenvalue weighted by Crippen LogP contribution is -2.20. The number of rotatable bonds is 10. The van der Waals surface area contributed by atoms with E-state index in [1.54, 1.807) is 12.1 Å². The normalized spacial score (nSPS) is 11.8. The average Bonchev–Trinajstić information content (AvgIpc) is 2.57. The smallest absolute Gasteiger partial charge is 0.357 e. The predicted molar refractivity (Wildman–Crippen MR) is 88.4 cm³/mol. The van der Waals surface area contributed by atoms with Gasteiger partial charge in [0.05, 0.1) is 6.61 Å². The van der Waals surface area contributed by atoms with Crippen LogP contribution in [0.3, 0.4) is 0 Å². The van der Waals surface area contributed by atoms with Crippen LogP contribution < -0.4 is 0 Å². The molecule has 1 atom stereocenters. The van der Waals surface area contributed by atoms with Gasteiger partial charge in [-0.3, -0.25) is 0 Å². The molecule has 0 radical (unpaired) electrons. The first kappa shape index (κ1) is 19.1. The number of aromatic nitrogens is 1. The molecule has 0 saturated carbocycles. The van der Waals surface area contributed by atoms with Crippen molar-refractivity contribution in [3.63, 3.8) is 0 Å². The highest BCUT2D eigenvalue weighted by Gasteiger charge is 2.18. The first-order chi connectivity index (χ1) is 11.1. The molecule has 0 amide bonds. The first-order valence-electron chi connectivity index (χ1n) is 8.47. The molecular formula is C18H27NO4. The maximum Gasteiger partial charge on any atom is 0.357 e. The van der Waals surface area contributed by atoms with Crippen LogP contribution in [0.25, 0.3) is 0 Å². The first-order valence-corrected chi connectivity index (χ1v) is 8.47. The van der Waals surface area contributed by atoms with Gasteiger partial charge in [-0.25, -0.2) is 14.6 Å². The zero-order valence-electron chi connectivity index (χ0n) is 14.3. The third kappa shape index (κ3) is 6.80. The molecule has 1 aromatic rings. The van der Waals surface area contributed by atoms with Crippen molar-refractivity contribution < 1.29 is 19.1 Å². The molecule has 0 bridgehead atoms. The molecule has 1 aromatic heterocycles. The summed E-state index contributed by atoms with van der Waals surface area (Å²) in [5, 5.41) is 0. The van der Waals surface area contributed by atoms with Gasteiger partial charge in [-0.1, -0.05) is 46.1 Å². The van der Waals surface area contributed by atoms with Crippen molar-refractivity contribution in [2.45, 2.75) is 65.4 Å². The number of pyridine rings is 1. The summed E-state index contributed by atoms with van der Waals surface area (Å²) < 4.78 is 10.6. The highest BCUT2D eigenvalue weighted by atomic mass is 16.5. The number of carbonyl (C=O) groups excluding carboxylic acids is 2. The lowest BCUT2D eigenvalue weighted by atomic mass is 10.1. The molecule has 1 heterocycles. The van der Waals surface area contributed by atoms with Crippen LogP contribution in [0, 0.1) is 0 Å². The van der Waals surface area contributed by atoms with E-state index in [2.05, 4.69) is 18.8 Å². The molecular weight excluding hydrogens is 294 g/mol. The fourth-order valence-electron chi connectivity index (χ4n) is 2.16. The summed E-state index contributed by atoms with van der Waals surface area (Å²) in [6.07, 6.45) is 5.38. The molecule has 128 valence electrons. The Labute approximate surface area is 138 Å². The fourth-order valence-corrected chi connectivity index (χ4v) is 2.16. The standard InChI is InChI=1S/C18H27NO4/c1-4-7-10-14(9-5-2)23-18(21)16-12-8-11-15(19-16)17(20)22-13-6-3/h8,11-12,14H,4-7,9-10,13H2,1-3H3. The van der Waals surface area contributed by atoms with Crippen LogP contribution in [0.15, 0.2) is 18.2 Å². The molecule has 5 heteroatoms. The lowest BCUT2D eigenvalue weighted by Gasteiger charge is -2.16. The van der Waals surface area contributed by atoms with Crippen LogP contribution in [0.4, 0.5) is 0 Å². The topological polar surface area (TPSA) is 65.5 Å². The van der Waals surface area contributed by atoms with Crippen LogP contribution in [0.5, 0.6) is 0 Å². The van der Waals surface area contributed by atoms with E-state index in [1.807, 2.05) is 6.92 Å². The van der Waals surface area contributed by atoms with E-state index in [4.69, 9.17) is 9.47 Å². The second-order valence-corrected chi connectivity index (χ2v) is 5.50. The molecule has 0 aliphatic heterocycles. The van der Waals surface area contributed by atoms with Crippen molar-refractivity contribution in [1.29, 1.82) is 0 Å². The second kappa shape index (κ2) is 10.8. The Balaban J connectivity index is 2.72. The summed E-state index contributed by atoms with van der Waals surface area (Å²) in [5.74, 6) is -0.998. The molecule has 0 N–H and O–H groups in total. The Morgan fingerprint density at radius 2 is 1.70 bits per heavy atom. The minimum absolute atomic E-state index is 0.0926. The van der Waals surface area contributed by atoms with E-state index in [9.17, 15) is 9.59 Å². The molecule has 0 saturated heterocycles. The summed E-state index contributed by atoms with van der Waals surface area (Å²) >= 11 is 0. The quantitative estimate of drug-likeness (QED) is 0.605. The summed E-state index contributed by atoms with van der Waals surface area (Å²) in [6.45, 7) is 6.43. The molecule has 23 heavy (non-hydrogen) atoms. The van der Waals surface area contributed by atoms with Crippen molar-refractivity contribution >= 4 is 11.9 Å². The summed E-state index contributed by atoms with van der Waals surface area (Å²) in [7, 11) is 0. The van der Waals surface area contributed by atoms with Gasteiger partial charge >= 0.3 is 11.9 Å². The minimum atomic E-state index is -0.516. The molecule has 1 rings (SSSR count). The van der Waals surface area contributed by atoms with E-state index in [-0.39, 0.29) is 17.5 Å². The average molecular weight is 321 g/mol. The van der Waals surface area contributed by atoms with Crippen molar-refractivity contribution in [3.05, 3.63) is 29.6 Å². The third-order valence-corrected chi connectivity index (χ3v) is 3.37. The van der Waals surface area contributed by atoms with Gasteiger partial charge in [-0.2, -0.15) is 0 Å². The summed E-state index contributed by atoms with van der Waals surface area (Å²) in [6, 6.07) is 4.71. The van der Waals surface area contributed by atoms with Crippen LogP contribution in [0.2, 0.25) is 0 Å². The Bertz CT molecular complexity index is 502. The van der Waals surface area contributed by atoms with Gasteiger partial charge in [0.2, 0.25) is 0 Å². The zero-order chi connectivity index (χ0) is 17.1. The SMILES string of the molecule is CCCCC(CCC)OC(=O)c1cccc(C(=O)OCCC)n1. The lowest BCUT2D eigenvalue weighted by molar-refractivity contribution is 0.0247. The van der Waals surface area contributed by atoms with Gasteiger partial charge in [-0.05, 0) is 31.4 Å². The number of hydrogen-bond donors (Lipinski definition) is 0. The molecule has 0 aliphatic carbocycles. The van der Waals surface area contributed by atoms with Crippen molar-refractivity contribution in [2.24, 2.45) is 0 Å². The number of hydrogen-bond acceptors (Lipinski definition) is 5. The van der Waals surface area contributed by atoms with E-state index < -0.39 is 11.9 Å². The Hall–Kier alpha value is -1.91. The molecule has 0 spiro atoms. The van der Waals surface area contributed by atoms with Crippen molar-refractivity contribution in [3.8, 4) is 0 Å². The summed E-state index contributed by atoms with van der Waals surface area (Å²) in [5.41, 5.74) is 0.280. The van der Waals surface area contributed by atoms with Gasteiger partial charge in [0.15, 0.2) is 0 Å². The molecule has 0 fully saturated rings. The number of ether oxygens (including phenoxy) is 2. The van der Waals surface area contributed by atoms with E-state index >= 15 is 0 Å². The molecule has 1 unspecified atom stereocenters. The fraction of sp³-hybridized carbons (Fsp3) is 0.611. The van der Waals surface area contributed by atoms with Crippen molar-refractivity contribution in [2.75, 3.05) is 6.61 Å². The Kier molecular flexibility index (Phi) is 8.95. The van der Waals surface area contributed by atoms with Gasteiger partial charge in [-0.15, -0.1) is 0 Å². The largest absolute Gasteiger partial charge is 0.461 e.